The molecule has 2 aromatic heterocycles. The highest BCUT2D eigenvalue weighted by molar-refractivity contribution is 7.98. The molecule has 94 valence electrons. The molecule has 0 saturated carbocycles. The third-order valence-corrected chi connectivity index (χ3v) is 3.75. The molecule has 2 heterocycles. The number of thioether (sulfide) groups is 1. The Morgan fingerprint density at radius 2 is 2.39 bits per heavy atom. The highest BCUT2D eigenvalue weighted by atomic mass is 32.2. The van der Waals surface area contributed by atoms with Gasteiger partial charge >= 0.3 is 0 Å². The number of carbonyl (C=O) groups excluding carboxylic acids is 1. The maximum absolute atomic E-state index is 10.9. The molecular weight excluding hydrogens is 268 g/mol. The molecular formula is C11H12N4OS2. The van der Waals surface area contributed by atoms with E-state index in [0.717, 1.165) is 10.7 Å². The molecule has 3 N–H and O–H groups in total. The van der Waals surface area contributed by atoms with Gasteiger partial charge in [0.15, 0.2) is 5.13 Å². The first-order chi connectivity index (χ1) is 8.63. The second-order valence-corrected chi connectivity index (χ2v) is 5.40. The summed E-state index contributed by atoms with van der Waals surface area (Å²) in [5.41, 5.74) is 7.14. The summed E-state index contributed by atoms with van der Waals surface area (Å²) in [7, 11) is 0. The maximum atomic E-state index is 10.9. The van der Waals surface area contributed by atoms with Gasteiger partial charge in [-0.25, -0.2) is 9.97 Å². The van der Waals surface area contributed by atoms with Crippen molar-refractivity contribution in [2.75, 3.05) is 11.1 Å². The van der Waals surface area contributed by atoms with E-state index in [1.54, 1.807) is 18.0 Å². The van der Waals surface area contributed by atoms with Crippen LogP contribution in [0, 0.1) is 0 Å². The van der Waals surface area contributed by atoms with E-state index in [9.17, 15) is 4.79 Å². The lowest BCUT2D eigenvalue weighted by Gasteiger charge is -1.99. The van der Waals surface area contributed by atoms with E-state index in [2.05, 4.69) is 15.3 Å². The lowest BCUT2D eigenvalue weighted by atomic mass is 10.4. The minimum absolute atomic E-state index is 0.108. The Morgan fingerprint density at radius 3 is 3.06 bits per heavy atom. The summed E-state index contributed by atoms with van der Waals surface area (Å²) in [6.45, 7) is 1.47. The lowest BCUT2D eigenvalue weighted by molar-refractivity contribution is -0.114. The van der Waals surface area contributed by atoms with Gasteiger partial charge in [-0.2, -0.15) is 0 Å². The average molecular weight is 280 g/mol. The Kier molecular flexibility index (Phi) is 4.16. The molecule has 7 heteroatoms. The minimum Gasteiger partial charge on any atom is -0.397 e. The molecule has 0 bridgehead atoms. The second-order valence-electron chi connectivity index (χ2n) is 3.54. The van der Waals surface area contributed by atoms with Gasteiger partial charge in [-0.1, -0.05) is 0 Å². The summed E-state index contributed by atoms with van der Waals surface area (Å²) in [5.74, 6) is 0.608. The van der Waals surface area contributed by atoms with Crippen LogP contribution in [0.2, 0.25) is 0 Å². The van der Waals surface area contributed by atoms with Gasteiger partial charge in [-0.05, 0) is 12.1 Å². The SMILES string of the molecule is CC(=O)Nc1nc(CSc2ccc(N)cn2)cs1. The number of hydrogen-bond acceptors (Lipinski definition) is 6. The van der Waals surface area contributed by atoms with Crippen molar-refractivity contribution in [3.05, 3.63) is 29.4 Å². The zero-order valence-corrected chi connectivity index (χ0v) is 11.3. The fourth-order valence-corrected chi connectivity index (χ4v) is 2.80. The molecule has 0 fully saturated rings. The van der Waals surface area contributed by atoms with E-state index < -0.39 is 0 Å². The first-order valence-corrected chi connectivity index (χ1v) is 7.06. The zero-order chi connectivity index (χ0) is 13.0. The first kappa shape index (κ1) is 12.8. The highest BCUT2D eigenvalue weighted by Crippen LogP contribution is 2.24. The van der Waals surface area contributed by atoms with Gasteiger partial charge in [0.05, 0.1) is 22.6 Å². The summed E-state index contributed by atoms with van der Waals surface area (Å²) in [6, 6.07) is 3.69. The number of aromatic nitrogens is 2. The van der Waals surface area contributed by atoms with Crippen LogP contribution in [-0.4, -0.2) is 15.9 Å². The highest BCUT2D eigenvalue weighted by Gasteiger charge is 2.04. The van der Waals surface area contributed by atoms with Crippen molar-refractivity contribution in [3.8, 4) is 0 Å². The Labute approximate surface area is 113 Å². The Hall–Kier alpha value is -1.60. The number of thiazole rings is 1. The zero-order valence-electron chi connectivity index (χ0n) is 9.71. The predicted molar refractivity (Wildman–Crippen MR) is 74.6 cm³/mol. The number of anilines is 2. The third-order valence-electron chi connectivity index (χ3n) is 1.96. The smallest absolute Gasteiger partial charge is 0.223 e. The number of nitrogens with one attached hydrogen (secondary N) is 1. The molecule has 2 aromatic rings. The van der Waals surface area contributed by atoms with Crippen LogP contribution < -0.4 is 11.1 Å². The van der Waals surface area contributed by atoms with E-state index in [-0.39, 0.29) is 5.91 Å². The summed E-state index contributed by atoms with van der Waals surface area (Å²) in [4.78, 5) is 19.4. The number of nitrogens with two attached hydrogens (primary N) is 1. The van der Waals surface area contributed by atoms with Gasteiger partial charge in [-0.3, -0.25) is 4.79 Å². The quantitative estimate of drug-likeness (QED) is 0.840. The Bertz CT molecular complexity index is 538. The van der Waals surface area contributed by atoms with Crippen LogP contribution in [0.3, 0.4) is 0 Å². The molecule has 0 aliphatic heterocycles. The molecule has 18 heavy (non-hydrogen) atoms. The van der Waals surface area contributed by atoms with Crippen LogP contribution in [-0.2, 0) is 10.5 Å². The van der Waals surface area contributed by atoms with E-state index in [0.29, 0.717) is 16.6 Å². The fourth-order valence-electron chi connectivity index (χ4n) is 1.21. The largest absolute Gasteiger partial charge is 0.397 e. The van der Waals surface area contributed by atoms with Crippen molar-refractivity contribution in [3.63, 3.8) is 0 Å². The number of hydrogen-bond donors (Lipinski definition) is 2. The molecule has 1 amide bonds. The Morgan fingerprint density at radius 1 is 1.56 bits per heavy atom. The fraction of sp³-hybridized carbons (Fsp3) is 0.182. The van der Waals surface area contributed by atoms with E-state index in [4.69, 9.17) is 5.73 Å². The maximum Gasteiger partial charge on any atom is 0.223 e. The van der Waals surface area contributed by atoms with Crippen LogP contribution in [0.1, 0.15) is 12.6 Å². The van der Waals surface area contributed by atoms with Crippen molar-refractivity contribution in [2.45, 2.75) is 17.7 Å². The van der Waals surface area contributed by atoms with Gasteiger partial charge in [0.2, 0.25) is 5.91 Å². The number of rotatable bonds is 4. The van der Waals surface area contributed by atoms with Crippen molar-refractivity contribution >= 4 is 39.8 Å². The monoisotopic (exact) mass is 280 g/mol. The molecule has 0 radical (unpaired) electrons. The van der Waals surface area contributed by atoms with Crippen LogP contribution in [0.4, 0.5) is 10.8 Å². The number of amides is 1. The van der Waals surface area contributed by atoms with Gasteiger partial charge in [0, 0.05) is 18.1 Å². The van der Waals surface area contributed by atoms with E-state index in [1.807, 2.05) is 17.5 Å². The molecule has 0 aliphatic carbocycles. The number of carbonyl (C=O) groups is 1. The summed E-state index contributed by atoms with van der Waals surface area (Å²) < 4.78 is 0. The molecule has 0 saturated heterocycles. The normalized spacial score (nSPS) is 10.3. The van der Waals surface area contributed by atoms with Gasteiger partial charge in [-0.15, -0.1) is 23.1 Å². The molecule has 0 spiro atoms. The molecule has 5 nitrogen and oxygen atoms in total. The lowest BCUT2D eigenvalue weighted by Crippen LogP contribution is -2.05. The first-order valence-electron chi connectivity index (χ1n) is 5.20. The standard InChI is InChI=1S/C11H12N4OS2/c1-7(16)14-11-15-9(6-18-11)5-17-10-3-2-8(12)4-13-10/h2-4,6H,5,12H2,1H3,(H,14,15,16). The average Bonchev–Trinajstić information content (AvgIpc) is 2.75. The van der Waals surface area contributed by atoms with Crippen molar-refractivity contribution in [1.82, 2.24) is 9.97 Å². The van der Waals surface area contributed by atoms with Crippen LogP contribution in [0.5, 0.6) is 0 Å². The van der Waals surface area contributed by atoms with Crippen LogP contribution in [0.25, 0.3) is 0 Å². The molecule has 0 unspecified atom stereocenters. The summed E-state index contributed by atoms with van der Waals surface area (Å²) in [6.07, 6.45) is 1.63. The number of nitrogen functional groups attached to an aromatic ring is 1. The minimum atomic E-state index is -0.108. The van der Waals surface area contributed by atoms with Crippen LogP contribution in [0.15, 0.2) is 28.7 Å². The molecule has 0 aromatic carbocycles. The van der Waals surface area contributed by atoms with Gasteiger partial charge in [0.25, 0.3) is 0 Å². The molecule has 0 atom stereocenters. The van der Waals surface area contributed by atoms with E-state index >= 15 is 0 Å². The van der Waals surface area contributed by atoms with Crippen LogP contribution >= 0.6 is 23.1 Å². The van der Waals surface area contributed by atoms with Crippen molar-refractivity contribution in [1.29, 1.82) is 0 Å². The van der Waals surface area contributed by atoms with E-state index in [1.165, 1.54) is 18.3 Å². The predicted octanol–water partition coefficient (Wildman–Crippen LogP) is 2.37. The van der Waals surface area contributed by atoms with Crippen molar-refractivity contribution in [2.24, 2.45) is 0 Å². The van der Waals surface area contributed by atoms with Gasteiger partial charge in [0.1, 0.15) is 0 Å². The Balaban J connectivity index is 1.92. The van der Waals surface area contributed by atoms with Gasteiger partial charge < -0.3 is 11.1 Å². The summed E-state index contributed by atoms with van der Waals surface area (Å²) >= 11 is 3.00. The molecule has 2 rings (SSSR count). The number of pyridine rings is 1. The topological polar surface area (TPSA) is 80.9 Å². The third kappa shape index (κ3) is 3.71. The van der Waals surface area contributed by atoms with Crippen molar-refractivity contribution < 1.29 is 4.79 Å². The second kappa shape index (κ2) is 5.83. The summed E-state index contributed by atoms with van der Waals surface area (Å²) in [5, 5.41) is 6.11. The molecule has 0 aliphatic rings. The number of nitrogens with zero attached hydrogens (tertiary/aromatic N) is 2.